The molecule has 142 valence electrons. The quantitative estimate of drug-likeness (QED) is 0.476. The Kier molecular flexibility index (Phi) is 6.42. The maximum absolute atomic E-state index is 12.5. The van der Waals surface area contributed by atoms with Crippen LogP contribution in [0.3, 0.4) is 0 Å². The van der Waals surface area contributed by atoms with E-state index in [9.17, 15) is 14.4 Å². The lowest BCUT2D eigenvalue weighted by Crippen LogP contribution is -2.37. The van der Waals surface area contributed by atoms with Crippen molar-refractivity contribution in [1.29, 1.82) is 0 Å². The molecule has 27 heavy (non-hydrogen) atoms. The zero-order chi connectivity index (χ0) is 20.0. The number of anilines is 1. The van der Waals surface area contributed by atoms with E-state index in [2.05, 4.69) is 15.5 Å². The number of hydrogen-bond acceptors (Lipinski definition) is 7. The summed E-state index contributed by atoms with van der Waals surface area (Å²) in [5.41, 5.74) is 0.416. The molecule has 0 saturated heterocycles. The molecule has 0 fully saturated rings. The van der Waals surface area contributed by atoms with Crippen molar-refractivity contribution in [3.8, 4) is 0 Å². The fraction of sp³-hybridized carbons (Fsp3) is 0.278. The third-order valence-electron chi connectivity index (χ3n) is 3.67. The van der Waals surface area contributed by atoms with Crippen molar-refractivity contribution in [3.63, 3.8) is 0 Å². The lowest BCUT2D eigenvalue weighted by atomic mass is 10.2. The highest BCUT2D eigenvalue weighted by Gasteiger charge is 2.15. The third kappa shape index (κ3) is 4.78. The number of benzene rings is 1. The average molecular weight is 371 g/mol. The lowest BCUT2D eigenvalue weighted by molar-refractivity contribution is -0.137. The lowest BCUT2D eigenvalue weighted by Gasteiger charge is -2.11. The summed E-state index contributed by atoms with van der Waals surface area (Å²) in [6, 6.07) is 7.26. The molecule has 0 bridgehead atoms. The van der Waals surface area contributed by atoms with Gasteiger partial charge in [-0.25, -0.2) is 9.59 Å². The van der Waals surface area contributed by atoms with Gasteiger partial charge in [-0.05, 0) is 26.0 Å². The summed E-state index contributed by atoms with van der Waals surface area (Å²) in [6.45, 7) is 3.87. The highest BCUT2D eigenvalue weighted by molar-refractivity contribution is 5.82. The predicted molar refractivity (Wildman–Crippen MR) is 102 cm³/mol. The van der Waals surface area contributed by atoms with Crippen LogP contribution >= 0.6 is 0 Å². The summed E-state index contributed by atoms with van der Waals surface area (Å²) in [5.74, 6) is -0.443. The van der Waals surface area contributed by atoms with Crippen LogP contribution in [0, 0.1) is 6.92 Å². The number of rotatable bonds is 6. The number of nitrogens with one attached hydrogen (secondary N) is 1. The number of nitrogens with zero attached hydrogens (tertiary/aromatic N) is 4. The predicted octanol–water partition coefficient (Wildman–Crippen LogP) is 2.30. The number of esters is 1. The molecule has 0 aliphatic heterocycles. The van der Waals surface area contributed by atoms with Gasteiger partial charge in [0, 0.05) is 26.4 Å². The molecule has 0 spiro atoms. The molecule has 2 aromatic rings. The van der Waals surface area contributed by atoms with Crippen LogP contribution in [0.1, 0.15) is 12.5 Å². The Morgan fingerprint density at radius 1 is 1.15 bits per heavy atom. The molecule has 1 aromatic heterocycles. The third-order valence-corrected chi connectivity index (χ3v) is 3.67. The van der Waals surface area contributed by atoms with Crippen LogP contribution in [0.15, 0.2) is 56.4 Å². The van der Waals surface area contributed by atoms with Gasteiger partial charge in [-0.1, -0.05) is 17.7 Å². The number of aromatic nitrogens is 2. The minimum absolute atomic E-state index is 0.0614. The van der Waals surface area contributed by atoms with Crippen LogP contribution in [0.25, 0.3) is 0 Å². The van der Waals surface area contributed by atoms with Crippen LogP contribution in [0.5, 0.6) is 0 Å². The molecule has 1 heterocycles. The Morgan fingerprint density at radius 2 is 1.81 bits per heavy atom. The van der Waals surface area contributed by atoms with Crippen LogP contribution in [-0.2, 0) is 23.6 Å². The molecule has 0 aliphatic rings. The molecule has 0 aliphatic carbocycles. The molecule has 0 saturated carbocycles. The van der Waals surface area contributed by atoms with Crippen molar-refractivity contribution in [2.24, 2.45) is 24.3 Å². The number of hydrogen-bond donors (Lipinski definition) is 1. The van der Waals surface area contributed by atoms with Crippen LogP contribution in [0.4, 0.5) is 17.2 Å². The second-order valence-corrected chi connectivity index (χ2v) is 5.67. The first-order valence-electron chi connectivity index (χ1n) is 8.23. The zero-order valence-corrected chi connectivity index (χ0v) is 15.6. The Hall–Kier alpha value is -3.49. The van der Waals surface area contributed by atoms with Gasteiger partial charge in [0.1, 0.15) is 5.82 Å². The van der Waals surface area contributed by atoms with Crippen molar-refractivity contribution >= 4 is 23.2 Å². The number of aryl methyl sites for hydroxylation is 1. The fourth-order valence-corrected chi connectivity index (χ4v) is 2.18. The molecule has 0 amide bonds. The summed E-state index contributed by atoms with van der Waals surface area (Å²) >= 11 is 0. The molecule has 2 rings (SSSR count). The average Bonchev–Trinajstić information content (AvgIpc) is 2.65. The monoisotopic (exact) mass is 371 g/mol. The molecular formula is C18H21N5O4. The second kappa shape index (κ2) is 8.75. The first kappa shape index (κ1) is 19.8. The molecule has 1 aromatic carbocycles. The first-order valence-corrected chi connectivity index (χ1v) is 8.23. The largest absolute Gasteiger partial charge is 0.463 e. The minimum atomic E-state index is -0.610. The van der Waals surface area contributed by atoms with Gasteiger partial charge in [-0.3, -0.25) is 13.9 Å². The number of azo groups is 1. The maximum Gasteiger partial charge on any atom is 0.332 e. The maximum atomic E-state index is 12.5. The Balaban J connectivity index is 2.45. The van der Waals surface area contributed by atoms with Crippen LogP contribution < -0.4 is 16.6 Å². The van der Waals surface area contributed by atoms with Crippen molar-refractivity contribution in [2.45, 2.75) is 13.8 Å². The zero-order valence-electron chi connectivity index (χ0n) is 15.6. The summed E-state index contributed by atoms with van der Waals surface area (Å²) in [6.07, 6.45) is 2.42. The standard InChI is InChI=1S/C18H21N5O4/c1-5-27-14(24)10-11-19-16-15(17(25)23(4)18(26)22(16)3)21-20-13-8-6-12(2)7-9-13/h6-11,19H,5H2,1-4H3/b11-10-,21-20?. The SMILES string of the molecule is CCOC(=O)/C=C\Nc1c(N=Nc2ccc(C)cc2)c(=O)n(C)c(=O)n1C. The summed E-state index contributed by atoms with van der Waals surface area (Å²) in [5, 5.41) is 10.8. The van der Waals surface area contributed by atoms with Gasteiger partial charge in [-0.2, -0.15) is 5.11 Å². The Morgan fingerprint density at radius 3 is 2.44 bits per heavy atom. The van der Waals surface area contributed by atoms with Crippen molar-refractivity contribution < 1.29 is 9.53 Å². The van der Waals surface area contributed by atoms with Gasteiger partial charge < -0.3 is 10.1 Å². The van der Waals surface area contributed by atoms with Gasteiger partial charge >= 0.3 is 11.7 Å². The molecule has 0 unspecified atom stereocenters. The Bertz CT molecular complexity index is 1000. The first-order chi connectivity index (χ1) is 12.8. The van der Waals surface area contributed by atoms with Crippen molar-refractivity contribution in [1.82, 2.24) is 9.13 Å². The molecule has 0 atom stereocenters. The highest BCUT2D eigenvalue weighted by Crippen LogP contribution is 2.22. The van der Waals surface area contributed by atoms with Crippen molar-refractivity contribution in [2.75, 3.05) is 11.9 Å². The van der Waals surface area contributed by atoms with Crippen molar-refractivity contribution in [3.05, 3.63) is 62.9 Å². The van der Waals surface area contributed by atoms with E-state index in [4.69, 9.17) is 4.74 Å². The van der Waals surface area contributed by atoms with E-state index in [1.54, 1.807) is 19.1 Å². The molecule has 1 N–H and O–H groups in total. The molecular weight excluding hydrogens is 350 g/mol. The van der Waals surface area contributed by atoms with Gasteiger partial charge in [-0.15, -0.1) is 5.11 Å². The van der Waals surface area contributed by atoms with Gasteiger partial charge in [0.2, 0.25) is 0 Å². The van der Waals surface area contributed by atoms with E-state index < -0.39 is 17.2 Å². The summed E-state index contributed by atoms with van der Waals surface area (Å²) in [7, 11) is 2.83. The van der Waals surface area contributed by atoms with Gasteiger partial charge in [0.25, 0.3) is 5.56 Å². The van der Waals surface area contributed by atoms with E-state index in [0.717, 1.165) is 16.2 Å². The summed E-state index contributed by atoms with van der Waals surface area (Å²) in [4.78, 5) is 36.1. The van der Waals surface area contributed by atoms with E-state index in [1.807, 2.05) is 19.1 Å². The number of carbonyl (C=O) groups excluding carboxylic acids is 1. The van der Waals surface area contributed by atoms with Crippen LogP contribution in [0.2, 0.25) is 0 Å². The topological polar surface area (TPSA) is 107 Å². The smallest absolute Gasteiger partial charge is 0.332 e. The Labute approximate surface area is 155 Å². The van der Waals surface area contributed by atoms with E-state index >= 15 is 0 Å². The second-order valence-electron chi connectivity index (χ2n) is 5.67. The van der Waals surface area contributed by atoms with Gasteiger partial charge in [0.05, 0.1) is 12.3 Å². The normalized spacial score (nSPS) is 11.3. The minimum Gasteiger partial charge on any atom is -0.463 e. The van der Waals surface area contributed by atoms with E-state index in [0.29, 0.717) is 5.69 Å². The molecule has 0 radical (unpaired) electrons. The highest BCUT2D eigenvalue weighted by atomic mass is 16.5. The number of ether oxygens (including phenoxy) is 1. The van der Waals surface area contributed by atoms with E-state index in [-0.39, 0.29) is 18.1 Å². The molecule has 9 nitrogen and oxygen atoms in total. The summed E-state index contributed by atoms with van der Waals surface area (Å²) < 4.78 is 6.92. The van der Waals surface area contributed by atoms with Gasteiger partial charge in [0.15, 0.2) is 5.69 Å². The molecule has 9 heteroatoms. The van der Waals surface area contributed by atoms with E-state index in [1.165, 1.54) is 24.9 Å². The number of carbonyl (C=O) groups is 1. The fourth-order valence-electron chi connectivity index (χ4n) is 2.18. The van der Waals surface area contributed by atoms with Crippen LogP contribution in [-0.4, -0.2) is 21.7 Å².